The molecule has 1 aliphatic carbocycles. The topological polar surface area (TPSA) is 71.5 Å². The van der Waals surface area contributed by atoms with Crippen LogP contribution in [0.3, 0.4) is 0 Å². The molecule has 3 rings (SSSR count). The van der Waals surface area contributed by atoms with Crippen LogP contribution in [0.4, 0.5) is 5.82 Å². The molecule has 1 aromatic rings. The Bertz CT molecular complexity index is 706. The third-order valence-electron chi connectivity index (χ3n) is 4.44. The molecule has 1 saturated heterocycles. The minimum atomic E-state index is -3.67. The van der Waals surface area contributed by atoms with Gasteiger partial charge in [0.2, 0.25) is 0 Å². The smallest absolute Gasteiger partial charge is 0.258 e. The Morgan fingerprint density at radius 3 is 2.91 bits per heavy atom. The van der Waals surface area contributed by atoms with Crippen molar-refractivity contribution >= 4 is 15.8 Å². The van der Waals surface area contributed by atoms with E-state index in [1.807, 2.05) is 6.07 Å². The van der Waals surface area contributed by atoms with Gasteiger partial charge in [-0.3, -0.25) is 0 Å². The van der Waals surface area contributed by atoms with Gasteiger partial charge in [0, 0.05) is 13.1 Å². The summed E-state index contributed by atoms with van der Waals surface area (Å²) in [6.45, 7) is 2.08. The van der Waals surface area contributed by atoms with Crippen LogP contribution in [0.2, 0.25) is 0 Å². The van der Waals surface area contributed by atoms with Gasteiger partial charge in [0.05, 0.1) is 18.8 Å². The monoisotopic (exact) mass is 335 g/mol. The summed E-state index contributed by atoms with van der Waals surface area (Å²) < 4.78 is 32.7. The van der Waals surface area contributed by atoms with Crippen LogP contribution in [0.5, 0.6) is 0 Å². The van der Waals surface area contributed by atoms with Crippen molar-refractivity contribution in [1.82, 2.24) is 9.71 Å². The van der Waals surface area contributed by atoms with Crippen molar-refractivity contribution in [3.63, 3.8) is 0 Å². The molecule has 1 aromatic heterocycles. The van der Waals surface area contributed by atoms with Crippen molar-refractivity contribution in [1.29, 1.82) is 0 Å². The van der Waals surface area contributed by atoms with E-state index in [0.717, 1.165) is 25.9 Å². The van der Waals surface area contributed by atoms with Crippen LogP contribution in [0.25, 0.3) is 0 Å². The van der Waals surface area contributed by atoms with Crippen LogP contribution >= 0.6 is 0 Å². The van der Waals surface area contributed by atoms with Crippen LogP contribution in [0.1, 0.15) is 25.7 Å². The molecule has 0 amide bonds. The fourth-order valence-electron chi connectivity index (χ4n) is 3.30. The second-order valence-electron chi connectivity index (χ2n) is 6.02. The first-order valence-corrected chi connectivity index (χ1v) is 9.32. The lowest BCUT2D eigenvalue weighted by molar-refractivity contribution is -0.0503. The average Bonchev–Trinajstić information content (AvgIpc) is 3.01. The Hall–Kier alpha value is -1.62. The molecule has 1 N–H and O–H groups in total. The van der Waals surface area contributed by atoms with Gasteiger partial charge in [-0.2, -0.15) is 4.72 Å². The summed E-state index contributed by atoms with van der Waals surface area (Å²) in [5.41, 5.74) is -0.0868. The maximum absolute atomic E-state index is 12.2. The van der Waals surface area contributed by atoms with Crippen LogP contribution in [0.15, 0.2) is 23.2 Å². The molecule has 2 fully saturated rings. The molecule has 0 radical (unpaired) electrons. The molecule has 2 heterocycles. The van der Waals surface area contributed by atoms with Crippen LogP contribution in [-0.2, 0) is 14.8 Å². The summed E-state index contributed by atoms with van der Waals surface area (Å²) in [5.74, 6) is 2.93. The van der Waals surface area contributed by atoms with Crippen molar-refractivity contribution < 1.29 is 13.2 Å². The highest BCUT2D eigenvalue weighted by Gasteiger charge is 2.39. The number of anilines is 1. The highest BCUT2D eigenvalue weighted by molar-refractivity contribution is 7.89. The van der Waals surface area contributed by atoms with E-state index in [0.29, 0.717) is 12.4 Å². The van der Waals surface area contributed by atoms with Crippen LogP contribution < -0.4 is 9.62 Å². The van der Waals surface area contributed by atoms with Gasteiger partial charge in [0.1, 0.15) is 5.82 Å². The molecule has 1 saturated carbocycles. The zero-order valence-electron chi connectivity index (χ0n) is 13.0. The van der Waals surface area contributed by atoms with Crippen molar-refractivity contribution in [3.05, 3.63) is 18.2 Å². The van der Waals surface area contributed by atoms with E-state index in [2.05, 4.69) is 20.5 Å². The number of morpholine rings is 1. The zero-order valence-corrected chi connectivity index (χ0v) is 13.8. The predicted molar refractivity (Wildman–Crippen MR) is 87.6 cm³/mol. The normalized spacial score (nSPS) is 20.6. The first-order chi connectivity index (χ1) is 11.0. The Morgan fingerprint density at radius 1 is 1.39 bits per heavy atom. The summed E-state index contributed by atoms with van der Waals surface area (Å²) in [4.78, 5) is 6.45. The zero-order chi connectivity index (χ0) is 16.3. The molecule has 0 aromatic carbocycles. The maximum Gasteiger partial charge on any atom is 0.258 e. The van der Waals surface area contributed by atoms with Gasteiger partial charge in [-0.1, -0.05) is 24.8 Å². The van der Waals surface area contributed by atoms with E-state index in [-0.39, 0.29) is 17.2 Å². The lowest BCUT2D eigenvalue weighted by Crippen LogP contribution is -2.50. The van der Waals surface area contributed by atoms with Gasteiger partial charge in [-0.15, -0.1) is 6.42 Å². The Balaban J connectivity index is 1.81. The lowest BCUT2D eigenvalue weighted by atomic mass is 10.00. The maximum atomic E-state index is 12.2. The van der Waals surface area contributed by atoms with Crippen molar-refractivity contribution in [2.24, 2.45) is 0 Å². The Kier molecular flexibility index (Phi) is 4.57. The van der Waals surface area contributed by atoms with Gasteiger partial charge >= 0.3 is 0 Å². The summed E-state index contributed by atoms with van der Waals surface area (Å²) in [5, 5.41) is -0.00258. The Morgan fingerprint density at radius 2 is 2.17 bits per heavy atom. The molecule has 2 aliphatic rings. The minimum absolute atomic E-state index is 0.00258. The van der Waals surface area contributed by atoms with E-state index in [9.17, 15) is 8.42 Å². The third kappa shape index (κ3) is 3.50. The number of ether oxygens (including phenoxy) is 1. The number of hydrogen-bond donors (Lipinski definition) is 1. The van der Waals surface area contributed by atoms with Crippen LogP contribution in [-0.4, -0.2) is 45.2 Å². The molecule has 6 nitrogen and oxygen atoms in total. The number of aromatic nitrogens is 1. The second kappa shape index (κ2) is 6.48. The number of sulfonamides is 1. The highest BCUT2D eigenvalue weighted by atomic mass is 32.2. The molecular formula is C16H21N3O3S. The number of terminal acetylenes is 1. The molecule has 0 bridgehead atoms. The summed E-state index contributed by atoms with van der Waals surface area (Å²) in [6, 6.07) is 5.03. The number of nitrogens with zero attached hydrogens (tertiary/aromatic N) is 2. The first kappa shape index (κ1) is 16.2. The number of rotatable bonds is 4. The van der Waals surface area contributed by atoms with E-state index in [1.165, 1.54) is 18.9 Å². The number of pyridine rings is 1. The molecule has 7 heteroatoms. The summed E-state index contributed by atoms with van der Waals surface area (Å²) in [7, 11) is -3.67. The molecule has 23 heavy (non-hydrogen) atoms. The Labute approximate surface area is 137 Å². The molecular weight excluding hydrogens is 314 g/mol. The fourth-order valence-corrected chi connectivity index (χ4v) is 4.20. The van der Waals surface area contributed by atoms with Crippen molar-refractivity contribution in [2.75, 3.05) is 31.1 Å². The molecule has 0 atom stereocenters. The van der Waals surface area contributed by atoms with E-state index in [1.54, 1.807) is 6.07 Å². The quantitative estimate of drug-likeness (QED) is 0.836. The largest absolute Gasteiger partial charge is 0.371 e. The molecule has 124 valence electrons. The van der Waals surface area contributed by atoms with Crippen LogP contribution in [0, 0.1) is 12.3 Å². The first-order valence-electron chi connectivity index (χ1n) is 7.84. The third-order valence-corrected chi connectivity index (χ3v) is 5.74. The summed E-state index contributed by atoms with van der Waals surface area (Å²) >= 11 is 0. The average molecular weight is 335 g/mol. The SMILES string of the molecule is C#CCNS(=O)(=O)c1cccc(N2CCOC3(CCCC3)C2)n1. The van der Waals surface area contributed by atoms with Crippen molar-refractivity contribution in [3.8, 4) is 12.3 Å². The minimum Gasteiger partial charge on any atom is -0.371 e. The number of nitrogens with one attached hydrogen (secondary N) is 1. The molecule has 0 unspecified atom stereocenters. The van der Waals surface area contributed by atoms with E-state index in [4.69, 9.17) is 11.2 Å². The van der Waals surface area contributed by atoms with Gasteiger partial charge < -0.3 is 9.64 Å². The highest BCUT2D eigenvalue weighted by Crippen LogP contribution is 2.36. The van der Waals surface area contributed by atoms with E-state index < -0.39 is 10.0 Å². The standard InChI is InChI=1S/C16H21N3O3S/c1-2-10-17-23(20,21)15-7-5-6-14(18-15)19-11-12-22-16(13-19)8-3-4-9-16/h1,5-7,17H,3-4,8-13H2. The molecule has 1 spiro atoms. The van der Waals surface area contributed by atoms with Gasteiger partial charge in [0.25, 0.3) is 10.0 Å². The van der Waals surface area contributed by atoms with Crippen molar-refractivity contribution in [2.45, 2.75) is 36.3 Å². The predicted octanol–water partition coefficient (Wildman–Crippen LogP) is 1.14. The lowest BCUT2D eigenvalue weighted by Gasteiger charge is -2.41. The second-order valence-corrected chi connectivity index (χ2v) is 7.74. The summed E-state index contributed by atoms with van der Waals surface area (Å²) in [6.07, 6.45) is 9.60. The van der Waals surface area contributed by atoms with E-state index >= 15 is 0 Å². The molecule has 1 aliphatic heterocycles. The van der Waals surface area contributed by atoms with Gasteiger partial charge in [-0.25, -0.2) is 13.4 Å². The number of hydrogen-bond acceptors (Lipinski definition) is 5. The van der Waals surface area contributed by atoms with Gasteiger partial charge in [0.15, 0.2) is 5.03 Å². The fraction of sp³-hybridized carbons (Fsp3) is 0.562. The van der Waals surface area contributed by atoms with Gasteiger partial charge in [-0.05, 0) is 25.0 Å².